The van der Waals surface area contributed by atoms with Crippen LogP contribution in [0.2, 0.25) is 0 Å². The summed E-state index contributed by atoms with van der Waals surface area (Å²) in [7, 11) is 0. The molecule has 2 rings (SSSR count). The molecule has 0 aromatic heterocycles. The normalized spacial score (nSPS) is 11.3. The van der Waals surface area contributed by atoms with E-state index in [9.17, 15) is 31.5 Å². The van der Waals surface area contributed by atoms with Crippen LogP contribution in [0.25, 0.3) is 0 Å². The minimum Gasteiger partial charge on any atom is -0.452 e. The topological polar surface area (TPSA) is 55.4 Å². The summed E-state index contributed by atoms with van der Waals surface area (Å²) < 4.78 is 67.6. The van der Waals surface area contributed by atoms with Gasteiger partial charge in [0.15, 0.2) is 6.61 Å². The molecular weight excluding hydrogens is 393 g/mol. The molecule has 0 fully saturated rings. The molecule has 10 heteroatoms. The third-order valence-electron chi connectivity index (χ3n) is 3.14. The smallest absolute Gasteiger partial charge is 0.416 e. The van der Waals surface area contributed by atoms with Crippen molar-refractivity contribution in [1.82, 2.24) is 0 Å². The summed E-state index contributed by atoms with van der Waals surface area (Å²) in [4.78, 5) is 23.8. The number of esters is 1. The number of hydrogen-bond donors (Lipinski definition) is 1. The Morgan fingerprint density at radius 3 is 2.44 bits per heavy atom. The fraction of sp³-hybridized carbons (Fsp3) is 0.176. The Morgan fingerprint density at radius 1 is 1.07 bits per heavy atom. The zero-order valence-electron chi connectivity index (χ0n) is 13.4. The summed E-state index contributed by atoms with van der Waals surface area (Å²) >= 11 is 0.230. The zero-order valence-corrected chi connectivity index (χ0v) is 14.2. The Morgan fingerprint density at radius 2 is 1.78 bits per heavy atom. The number of amides is 1. The molecule has 0 saturated carbocycles. The number of thioether (sulfide) groups is 1. The molecule has 0 unspecified atom stereocenters. The fourth-order valence-electron chi connectivity index (χ4n) is 1.99. The number of rotatable bonds is 6. The summed E-state index contributed by atoms with van der Waals surface area (Å²) in [5.74, 6) is -4.63. The van der Waals surface area contributed by atoms with Crippen LogP contribution in [0.3, 0.4) is 0 Å². The van der Waals surface area contributed by atoms with E-state index in [0.29, 0.717) is 6.07 Å². The van der Waals surface area contributed by atoms with Gasteiger partial charge < -0.3 is 10.1 Å². The maximum atomic E-state index is 12.6. The number of halogens is 5. The molecule has 0 heterocycles. The second kappa shape index (κ2) is 8.85. The van der Waals surface area contributed by atoms with Gasteiger partial charge in [-0.3, -0.25) is 4.79 Å². The van der Waals surface area contributed by atoms with Gasteiger partial charge in [-0.25, -0.2) is 4.79 Å². The van der Waals surface area contributed by atoms with Crippen LogP contribution in [0, 0.1) is 0 Å². The van der Waals surface area contributed by atoms with Gasteiger partial charge in [-0.15, -0.1) is 0 Å². The van der Waals surface area contributed by atoms with Gasteiger partial charge in [0, 0.05) is 4.90 Å². The Hall–Kier alpha value is -2.62. The monoisotopic (exact) mass is 405 g/mol. The quantitative estimate of drug-likeness (QED) is 0.426. The number of nitrogens with one attached hydrogen (secondary N) is 1. The molecular formula is C17H12F5NO3S. The zero-order chi connectivity index (χ0) is 20.0. The molecule has 1 amide bonds. The maximum absolute atomic E-state index is 12.6. The molecule has 0 spiro atoms. The lowest BCUT2D eigenvalue weighted by atomic mass is 10.1. The Labute approximate surface area is 154 Å². The van der Waals surface area contributed by atoms with Gasteiger partial charge in [-0.05, 0) is 30.3 Å². The lowest BCUT2D eigenvalue weighted by Gasteiger charge is -2.11. The number of benzene rings is 2. The maximum Gasteiger partial charge on any atom is 0.416 e. The number of carbonyl (C=O) groups excluding carboxylic acids is 2. The largest absolute Gasteiger partial charge is 0.452 e. The summed E-state index contributed by atoms with van der Waals surface area (Å²) in [5.41, 5.74) is -1.30. The second-order valence-electron chi connectivity index (χ2n) is 5.08. The first-order chi connectivity index (χ1) is 12.7. The van der Waals surface area contributed by atoms with Gasteiger partial charge in [-0.2, -0.15) is 22.0 Å². The van der Waals surface area contributed by atoms with Crippen LogP contribution in [0.15, 0.2) is 53.4 Å². The molecule has 0 saturated heterocycles. The molecule has 27 heavy (non-hydrogen) atoms. The van der Waals surface area contributed by atoms with Crippen LogP contribution < -0.4 is 5.32 Å². The van der Waals surface area contributed by atoms with E-state index in [1.165, 1.54) is 24.3 Å². The average molecular weight is 405 g/mol. The Bertz CT molecular complexity index is 826. The Balaban J connectivity index is 1.97. The number of anilines is 1. The number of ether oxygens (including phenoxy) is 1. The summed E-state index contributed by atoms with van der Waals surface area (Å²) in [5, 5.41) is 2.31. The number of para-hydroxylation sites is 1. The molecule has 1 N–H and O–H groups in total. The lowest BCUT2D eigenvalue weighted by molar-refractivity contribution is -0.137. The standard InChI is InChI=1S/C17H12F5NO3S/c18-16(19)27-13-7-2-1-6-12(13)23-14(24)9-26-15(25)10-4-3-5-11(8-10)17(20,21)22/h1-8,16H,9H2,(H,23,24). The van der Waals surface area contributed by atoms with Crippen LogP contribution in [0.1, 0.15) is 15.9 Å². The number of alkyl halides is 5. The molecule has 0 aliphatic heterocycles. The summed E-state index contributed by atoms with van der Waals surface area (Å²) in [6.07, 6.45) is -4.63. The van der Waals surface area contributed by atoms with Crippen molar-refractivity contribution in [1.29, 1.82) is 0 Å². The van der Waals surface area contributed by atoms with Crippen molar-refractivity contribution in [2.75, 3.05) is 11.9 Å². The van der Waals surface area contributed by atoms with E-state index in [1.807, 2.05) is 0 Å². The molecule has 4 nitrogen and oxygen atoms in total. The van der Waals surface area contributed by atoms with Gasteiger partial charge in [0.1, 0.15) is 0 Å². The van der Waals surface area contributed by atoms with Gasteiger partial charge in [0.05, 0.1) is 16.8 Å². The molecule has 0 aliphatic carbocycles. The number of carbonyl (C=O) groups is 2. The highest BCUT2D eigenvalue weighted by molar-refractivity contribution is 7.99. The second-order valence-corrected chi connectivity index (χ2v) is 6.11. The minimum absolute atomic E-state index is 0.0999. The van der Waals surface area contributed by atoms with Crippen LogP contribution in [0.4, 0.5) is 27.6 Å². The highest BCUT2D eigenvalue weighted by atomic mass is 32.2. The van der Waals surface area contributed by atoms with Crippen LogP contribution in [-0.2, 0) is 15.7 Å². The molecule has 2 aromatic rings. The lowest BCUT2D eigenvalue weighted by Crippen LogP contribution is -2.21. The molecule has 144 valence electrons. The van der Waals surface area contributed by atoms with E-state index in [4.69, 9.17) is 0 Å². The molecule has 0 bridgehead atoms. The summed E-state index contributed by atoms with van der Waals surface area (Å²) in [6.45, 7) is -0.789. The molecule has 0 aliphatic rings. The molecule has 2 aromatic carbocycles. The van der Waals surface area contributed by atoms with Crippen molar-refractivity contribution in [3.8, 4) is 0 Å². The summed E-state index contributed by atoms with van der Waals surface area (Å²) in [6, 6.07) is 9.34. The van der Waals surface area contributed by atoms with Crippen molar-refractivity contribution in [2.24, 2.45) is 0 Å². The SMILES string of the molecule is O=C(COC(=O)c1cccc(C(F)(F)F)c1)Nc1ccccc1SC(F)F. The first kappa shape index (κ1) is 20.7. The van der Waals surface area contributed by atoms with Crippen molar-refractivity contribution in [2.45, 2.75) is 16.8 Å². The van der Waals surface area contributed by atoms with Gasteiger partial charge >= 0.3 is 12.1 Å². The number of hydrogen-bond acceptors (Lipinski definition) is 4. The Kier molecular flexibility index (Phi) is 6.78. The van der Waals surface area contributed by atoms with Crippen LogP contribution in [-0.4, -0.2) is 24.2 Å². The van der Waals surface area contributed by atoms with E-state index in [-0.39, 0.29) is 27.9 Å². The minimum atomic E-state index is -4.63. The first-order valence-electron chi connectivity index (χ1n) is 7.35. The van der Waals surface area contributed by atoms with E-state index in [2.05, 4.69) is 10.1 Å². The van der Waals surface area contributed by atoms with Gasteiger partial charge in [0.2, 0.25) is 0 Å². The first-order valence-corrected chi connectivity index (χ1v) is 8.23. The third-order valence-corrected chi connectivity index (χ3v) is 3.93. The van der Waals surface area contributed by atoms with E-state index in [1.54, 1.807) is 0 Å². The predicted molar refractivity (Wildman–Crippen MR) is 88.7 cm³/mol. The van der Waals surface area contributed by atoms with E-state index < -0.39 is 36.0 Å². The molecule has 0 radical (unpaired) electrons. The van der Waals surface area contributed by atoms with Crippen molar-refractivity contribution >= 4 is 29.3 Å². The van der Waals surface area contributed by atoms with Crippen molar-refractivity contribution in [3.05, 3.63) is 59.7 Å². The van der Waals surface area contributed by atoms with Gasteiger partial charge in [0.25, 0.3) is 11.7 Å². The van der Waals surface area contributed by atoms with Crippen LogP contribution in [0.5, 0.6) is 0 Å². The molecule has 0 atom stereocenters. The fourth-order valence-corrected chi connectivity index (χ4v) is 2.59. The average Bonchev–Trinajstić information content (AvgIpc) is 2.60. The third kappa shape index (κ3) is 6.24. The van der Waals surface area contributed by atoms with Crippen LogP contribution >= 0.6 is 11.8 Å². The highest BCUT2D eigenvalue weighted by Crippen LogP contribution is 2.32. The van der Waals surface area contributed by atoms with Crippen molar-refractivity contribution in [3.63, 3.8) is 0 Å². The van der Waals surface area contributed by atoms with Gasteiger partial charge in [-0.1, -0.05) is 30.0 Å². The highest BCUT2D eigenvalue weighted by Gasteiger charge is 2.31. The predicted octanol–water partition coefficient (Wildman–Crippen LogP) is 4.82. The van der Waals surface area contributed by atoms with E-state index >= 15 is 0 Å². The van der Waals surface area contributed by atoms with E-state index in [0.717, 1.165) is 18.2 Å². The van der Waals surface area contributed by atoms with Crippen molar-refractivity contribution < 1.29 is 36.3 Å².